The van der Waals surface area contributed by atoms with Crippen LogP contribution < -0.4 is 4.72 Å². The van der Waals surface area contributed by atoms with Crippen LogP contribution in [0.5, 0.6) is 0 Å². The third kappa shape index (κ3) is 7.25. The van der Waals surface area contributed by atoms with E-state index < -0.39 is 10.2 Å². The first-order chi connectivity index (χ1) is 17.2. The molecule has 0 radical (unpaired) electrons. The van der Waals surface area contributed by atoms with Crippen LogP contribution in [0.15, 0.2) is 24.3 Å². The molecule has 0 bridgehead atoms. The average Bonchev–Trinajstić information content (AvgIpc) is 3.36. The summed E-state index contributed by atoms with van der Waals surface area (Å²) in [7, 11) is -0.580. The molecule has 8 nitrogen and oxygen atoms in total. The molecule has 3 atom stereocenters. The van der Waals surface area contributed by atoms with E-state index in [1.165, 1.54) is 24.5 Å². The monoisotopic (exact) mass is 525 g/mol. The number of nitrogens with one attached hydrogen (secondary N) is 1. The average molecular weight is 526 g/mol. The zero-order valence-electron chi connectivity index (χ0n) is 21.4. The summed E-state index contributed by atoms with van der Waals surface area (Å²) in [5.74, 6) is 0.389. The Bertz CT molecular complexity index is 978. The molecule has 36 heavy (non-hydrogen) atoms. The summed E-state index contributed by atoms with van der Waals surface area (Å²) in [5.41, 5.74) is 1.04. The maximum atomic E-state index is 13.6. The third-order valence-corrected chi connectivity index (χ3v) is 9.46. The molecule has 1 N–H and O–H groups in total. The standard InChI is InChI=1S/C26H40FN3O5S/c1-29(2)36(32,33)28-25-10-12-30(26(31)14-19-11-13-34-17-19)16-22(25)18-35-24-8-6-20(7-9-24)21-4-3-5-23(27)15-21/h3-5,15,19-20,22,24-25,28H,6-14,16-18H2,1-2H3/t19-,20-,22?,24+,25?/m0/s1. The Morgan fingerprint density at radius 2 is 1.97 bits per heavy atom. The first-order valence-electron chi connectivity index (χ1n) is 13.1. The molecule has 1 amide bonds. The van der Waals surface area contributed by atoms with Gasteiger partial charge in [0.25, 0.3) is 10.2 Å². The molecule has 10 heteroatoms. The Labute approximate surface area is 214 Å². The van der Waals surface area contributed by atoms with Gasteiger partial charge in [-0.1, -0.05) is 12.1 Å². The lowest BCUT2D eigenvalue weighted by atomic mass is 9.82. The van der Waals surface area contributed by atoms with Gasteiger partial charge < -0.3 is 14.4 Å². The number of ether oxygens (including phenoxy) is 2. The summed E-state index contributed by atoms with van der Waals surface area (Å²) in [4.78, 5) is 14.8. The molecule has 2 saturated heterocycles. The number of carbonyl (C=O) groups excluding carboxylic acids is 1. The highest BCUT2D eigenvalue weighted by Crippen LogP contribution is 2.35. The van der Waals surface area contributed by atoms with Gasteiger partial charge in [0.2, 0.25) is 5.91 Å². The molecule has 3 aliphatic rings. The van der Waals surface area contributed by atoms with Crippen molar-refractivity contribution in [2.75, 3.05) is 47.0 Å². The quantitative estimate of drug-likeness (QED) is 0.536. The number of hydrogen-bond acceptors (Lipinski definition) is 5. The summed E-state index contributed by atoms with van der Waals surface area (Å²) in [6.07, 6.45) is 5.66. The fourth-order valence-corrected chi connectivity index (χ4v) is 6.49. The molecule has 2 unspecified atom stereocenters. The third-order valence-electron chi connectivity index (χ3n) is 7.90. The molecule has 2 aliphatic heterocycles. The second kappa shape index (κ2) is 12.3. The van der Waals surface area contributed by atoms with Gasteiger partial charge in [0.05, 0.1) is 12.7 Å². The number of rotatable bonds is 9. The zero-order valence-corrected chi connectivity index (χ0v) is 22.2. The molecular weight excluding hydrogens is 485 g/mol. The number of piperidine rings is 1. The van der Waals surface area contributed by atoms with Gasteiger partial charge in [-0.05, 0) is 68.1 Å². The first kappa shape index (κ1) is 27.4. The van der Waals surface area contributed by atoms with Crippen molar-refractivity contribution in [3.63, 3.8) is 0 Å². The van der Waals surface area contributed by atoms with Gasteiger partial charge in [0.1, 0.15) is 5.82 Å². The van der Waals surface area contributed by atoms with Gasteiger partial charge in [-0.15, -0.1) is 0 Å². The van der Waals surface area contributed by atoms with Crippen LogP contribution in [0.25, 0.3) is 0 Å². The van der Waals surface area contributed by atoms with E-state index in [1.807, 2.05) is 11.0 Å². The van der Waals surface area contributed by atoms with Crippen molar-refractivity contribution in [2.24, 2.45) is 11.8 Å². The fourth-order valence-electron chi connectivity index (χ4n) is 5.58. The van der Waals surface area contributed by atoms with Crippen LogP contribution in [0.4, 0.5) is 4.39 Å². The molecule has 4 rings (SSSR count). The van der Waals surface area contributed by atoms with E-state index in [9.17, 15) is 17.6 Å². The predicted molar refractivity (Wildman–Crippen MR) is 135 cm³/mol. The van der Waals surface area contributed by atoms with Gasteiger partial charge in [-0.2, -0.15) is 17.4 Å². The minimum atomic E-state index is -3.59. The van der Waals surface area contributed by atoms with Crippen LogP contribution >= 0.6 is 0 Å². The predicted octanol–water partition coefficient (Wildman–Crippen LogP) is 2.91. The van der Waals surface area contributed by atoms with Crippen LogP contribution in [0, 0.1) is 17.7 Å². The highest BCUT2D eigenvalue weighted by molar-refractivity contribution is 7.87. The van der Waals surface area contributed by atoms with Crippen LogP contribution in [-0.2, 0) is 24.5 Å². The molecule has 2 heterocycles. The Balaban J connectivity index is 1.34. The van der Waals surface area contributed by atoms with Crippen molar-refractivity contribution in [3.8, 4) is 0 Å². The number of nitrogens with zero attached hydrogens (tertiary/aromatic N) is 2. The Hall–Kier alpha value is -1.59. The van der Waals surface area contributed by atoms with E-state index in [-0.39, 0.29) is 35.7 Å². The minimum absolute atomic E-state index is 0.0858. The summed E-state index contributed by atoms with van der Waals surface area (Å²) < 4.78 is 54.4. The van der Waals surface area contributed by atoms with E-state index in [0.717, 1.165) is 37.7 Å². The number of halogens is 1. The maximum Gasteiger partial charge on any atom is 0.279 e. The summed E-state index contributed by atoms with van der Waals surface area (Å²) in [5, 5.41) is 0. The summed E-state index contributed by atoms with van der Waals surface area (Å²) >= 11 is 0. The lowest BCUT2D eigenvalue weighted by molar-refractivity contribution is -0.135. The van der Waals surface area contributed by atoms with Crippen molar-refractivity contribution in [1.29, 1.82) is 0 Å². The maximum absolute atomic E-state index is 13.6. The first-order valence-corrected chi connectivity index (χ1v) is 14.6. The highest BCUT2D eigenvalue weighted by atomic mass is 32.2. The van der Waals surface area contributed by atoms with Crippen molar-refractivity contribution in [1.82, 2.24) is 13.9 Å². The molecule has 1 aliphatic carbocycles. The van der Waals surface area contributed by atoms with Crippen molar-refractivity contribution >= 4 is 16.1 Å². The smallest absolute Gasteiger partial charge is 0.279 e. The number of hydrogen-bond donors (Lipinski definition) is 1. The van der Waals surface area contributed by atoms with Crippen LogP contribution in [0.2, 0.25) is 0 Å². The molecule has 3 fully saturated rings. The second-order valence-corrected chi connectivity index (χ2v) is 12.6. The largest absolute Gasteiger partial charge is 0.381 e. The summed E-state index contributed by atoms with van der Waals surface area (Å²) in [6, 6.07) is 6.55. The van der Waals surface area contributed by atoms with Crippen LogP contribution in [0.1, 0.15) is 56.4 Å². The number of benzene rings is 1. The number of likely N-dealkylation sites (tertiary alicyclic amines) is 1. The van der Waals surface area contributed by atoms with Crippen LogP contribution in [-0.4, -0.2) is 82.7 Å². The van der Waals surface area contributed by atoms with E-state index in [2.05, 4.69) is 4.72 Å². The zero-order chi connectivity index (χ0) is 25.7. The second-order valence-electron chi connectivity index (χ2n) is 10.7. The van der Waals surface area contributed by atoms with E-state index in [4.69, 9.17) is 9.47 Å². The molecule has 202 valence electrons. The molecule has 0 aromatic heterocycles. The Morgan fingerprint density at radius 1 is 1.19 bits per heavy atom. The van der Waals surface area contributed by atoms with E-state index in [1.54, 1.807) is 12.1 Å². The molecule has 1 aromatic carbocycles. The molecule has 1 aromatic rings. The van der Waals surface area contributed by atoms with Crippen molar-refractivity contribution in [3.05, 3.63) is 35.6 Å². The Kier molecular flexibility index (Phi) is 9.38. The molecule has 1 saturated carbocycles. The lowest BCUT2D eigenvalue weighted by Crippen LogP contribution is -2.55. The van der Waals surface area contributed by atoms with Gasteiger partial charge >= 0.3 is 0 Å². The SMILES string of the molecule is CN(C)S(=O)(=O)NC1CCN(C(=O)C[C@@H]2CCOC2)CC1CO[C@H]1CC[C@@H](c2cccc(F)c2)CC1. The lowest BCUT2D eigenvalue weighted by Gasteiger charge is -2.40. The highest BCUT2D eigenvalue weighted by Gasteiger charge is 2.36. The molecule has 0 spiro atoms. The van der Waals surface area contributed by atoms with E-state index in [0.29, 0.717) is 51.7 Å². The minimum Gasteiger partial charge on any atom is -0.381 e. The number of amides is 1. The summed E-state index contributed by atoms with van der Waals surface area (Å²) in [6.45, 7) is 2.75. The van der Waals surface area contributed by atoms with E-state index >= 15 is 0 Å². The fraction of sp³-hybridized carbons (Fsp3) is 0.731. The van der Waals surface area contributed by atoms with Gasteiger partial charge in [-0.25, -0.2) is 4.39 Å². The van der Waals surface area contributed by atoms with Gasteiger partial charge in [0, 0.05) is 58.8 Å². The van der Waals surface area contributed by atoms with Crippen LogP contribution in [0.3, 0.4) is 0 Å². The van der Waals surface area contributed by atoms with Gasteiger partial charge in [-0.3, -0.25) is 4.79 Å². The van der Waals surface area contributed by atoms with Crippen molar-refractivity contribution in [2.45, 2.75) is 63.0 Å². The Morgan fingerprint density at radius 3 is 2.64 bits per heavy atom. The normalized spacial score (nSPS) is 29.6. The molecular formula is C26H40FN3O5S. The topological polar surface area (TPSA) is 88.2 Å². The van der Waals surface area contributed by atoms with Gasteiger partial charge in [0.15, 0.2) is 0 Å². The van der Waals surface area contributed by atoms with Crippen molar-refractivity contribution < 1.29 is 27.1 Å². The number of carbonyl (C=O) groups is 1.